The summed E-state index contributed by atoms with van der Waals surface area (Å²) >= 11 is 0. The second kappa shape index (κ2) is 10.2. The molecule has 12 nitrogen and oxygen atoms in total. The molecule has 1 aromatic rings. The molecule has 0 spiro atoms. The van der Waals surface area contributed by atoms with Gasteiger partial charge in [-0.05, 0) is 76.0 Å². The largest absolute Gasteiger partial charge is 0.508 e. The van der Waals surface area contributed by atoms with Gasteiger partial charge in [0.2, 0.25) is 5.78 Å². The number of nitrogens with two attached hydrogens (primary N) is 1. The van der Waals surface area contributed by atoms with E-state index in [2.05, 4.69) is 4.90 Å². The van der Waals surface area contributed by atoms with Crippen LogP contribution in [0.25, 0.3) is 5.76 Å². The van der Waals surface area contributed by atoms with Crippen LogP contribution in [0.5, 0.6) is 5.75 Å². The van der Waals surface area contributed by atoms with Crippen molar-refractivity contribution in [1.29, 1.82) is 0 Å². The second-order valence-corrected chi connectivity index (χ2v) is 13.9. The number of aliphatic hydroxyl groups excluding tert-OH is 2. The summed E-state index contributed by atoms with van der Waals surface area (Å²) in [6, 6.07) is 1.64. The van der Waals surface area contributed by atoms with Gasteiger partial charge in [-0.3, -0.25) is 19.3 Å². The van der Waals surface area contributed by atoms with E-state index in [1.165, 1.54) is 25.1 Å². The SMILES string of the molecule is CN(C)[C@@H]1C(=O)C(C(N)=O)=C(O)[C@@]2(O)C(=O)C3=C(O)c4c(O)cc(CS(=O)(=O)CCN5CCCC5)cc4C[C@H]3C[C@@H]12. The summed E-state index contributed by atoms with van der Waals surface area (Å²) in [6.07, 6.45) is 2.16. The van der Waals surface area contributed by atoms with Crippen LogP contribution in [-0.4, -0.2) is 107 Å². The third-order valence-corrected chi connectivity index (χ3v) is 10.5. The Balaban J connectivity index is 1.52. The second-order valence-electron chi connectivity index (χ2n) is 11.8. The number of amides is 1. The zero-order valence-corrected chi connectivity index (χ0v) is 23.8. The van der Waals surface area contributed by atoms with Crippen LogP contribution < -0.4 is 5.73 Å². The zero-order valence-electron chi connectivity index (χ0n) is 23.0. The van der Waals surface area contributed by atoms with Crippen molar-refractivity contribution in [2.75, 3.05) is 39.5 Å². The van der Waals surface area contributed by atoms with Crippen LogP contribution >= 0.6 is 0 Å². The number of primary amides is 1. The molecular formula is C28H35N3O9S. The smallest absolute Gasteiger partial charge is 0.255 e. The van der Waals surface area contributed by atoms with Gasteiger partial charge in [-0.25, -0.2) is 8.42 Å². The molecule has 1 aromatic carbocycles. The van der Waals surface area contributed by atoms with Crippen LogP contribution in [0.4, 0.5) is 0 Å². The lowest BCUT2D eigenvalue weighted by molar-refractivity contribution is -0.153. The Labute approximate surface area is 237 Å². The number of Topliss-reactive ketones (excluding diaryl/α,β-unsaturated/α-hetero) is 2. The van der Waals surface area contributed by atoms with Gasteiger partial charge in [-0.15, -0.1) is 0 Å². The molecule has 3 aliphatic carbocycles. The lowest BCUT2D eigenvalue weighted by Gasteiger charge is -2.50. The Morgan fingerprint density at radius 2 is 1.80 bits per heavy atom. The summed E-state index contributed by atoms with van der Waals surface area (Å²) in [5, 5.41) is 44.6. The summed E-state index contributed by atoms with van der Waals surface area (Å²) in [5.41, 5.74) is 2.19. The standard InChI is InChI=1S/C28H35N3O9S/c1-30(2)22-17-12-16-11-15-9-14(13-41(39,40)8-7-31-5-3-4-6-31)10-18(32)19(15)23(33)20(16)25(35)28(17,38)26(36)21(24(22)34)27(29)37/h9-10,16-17,22,32-33,36,38H,3-8,11-13H2,1-2H3,(H2,29,37)/t16-,17-,22-,28-/m0/s1. The fourth-order valence-corrected chi connectivity index (χ4v) is 8.37. The van der Waals surface area contributed by atoms with E-state index < -0.39 is 73.6 Å². The van der Waals surface area contributed by atoms with Gasteiger partial charge < -0.3 is 31.1 Å². The van der Waals surface area contributed by atoms with Gasteiger partial charge in [0.25, 0.3) is 5.91 Å². The summed E-state index contributed by atoms with van der Waals surface area (Å²) in [4.78, 5) is 42.6. The van der Waals surface area contributed by atoms with Crippen LogP contribution in [0.2, 0.25) is 0 Å². The number of fused-ring (bicyclic) bond motifs is 3. The summed E-state index contributed by atoms with van der Waals surface area (Å²) in [7, 11) is -0.445. The van der Waals surface area contributed by atoms with Gasteiger partial charge in [0, 0.05) is 18.0 Å². The molecule has 4 aliphatic rings. The average molecular weight is 590 g/mol. The van der Waals surface area contributed by atoms with E-state index in [0.717, 1.165) is 25.9 Å². The first kappa shape index (κ1) is 29.2. The van der Waals surface area contributed by atoms with E-state index in [4.69, 9.17) is 5.73 Å². The molecule has 1 saturated carbocycles. The number of aliphatic hydroxyl groups is 3. The molecule has 1 aliphatic heterocycles. The van der Waals surface area contributed by atoms with E-state index >= 15 is 0 Å². The molecule has 222 valence electrons. The van der Waals surface area contributed by atoms with Crippen molar-refractivity contribution in [2.24, 2.45) is 17.6 Å². The molecule has 0 bridgehead atoms. The highest BCUT2D eigenvalue weighted by Gasteiger charge is 2.64. The Hall–Kier alpha value is -3.26. The van der Waals surface area contributed by atoms with Crippen molar-refractivity contribution in [3.8, 4) is 5.75 Å². The average Bonchev–Trinajstić information content (AvgIpc) is 3.38. The normalized spacial score (nSPS) is 28.6. The summed E-state index contributed by atoms with van der Waals surface area (Å²) in [6.45, 7) is 2.18. The monoisotopic (exact) mass is 589 g/mol. The predicted octanol–water partition coefficient (Wildman–Crippen LogP) is -0.0254. The number of likely N-dealkylation sites (N-methyl/N-ethyl adjacent to an activating group) is 1. The molecule has 6 N–H and O–H groups in total. The van der Waals surface area contributed by atoms with Crippen molar-refractivity contribution in [3.63, 3.8) is 0 Å². The Morgan fingerprint density at radius 1 is 1.15 bits per heavy atom. The molecule has 2 fully saturated rings. The van der Waals surface area contributed by atoms with Crippen LogP contribution in [0.1, 0.15) is 36.0 Å². The number of benzene rings is 1. The highest BCUT2D eigenvalue weighted by Crippen LogP contribution is 2.52. The number of likely N-dealkylation sites (tertiary alicyclic amines) is 1. The van der Waals surface area contributed by atoms with Crippen molar-refractivity contribution >= 4 is 33.1 Å². The number of hydrogen-bond acceptors (Lipinski definition) is 11. The van der Waals surface area contributed by atoms with Gasteiger partial charge in [0.05, 0.1) is 23.1 Å². The lowest BCUT2D eigenvalue weighted by atomic mass is 9.57. The fourth-order valence-electron chi connectivity index (χ4n) is 7.02. The minimum atomic E-state index is -3.50. The molecule has 0 radical (unpaired) electrons. The van der Waals surface area contributed by atoms with Gasteiger partial charge >= 0.3 is 0 Å². The first-order valence-corrected chi connectivity index (χ1v) is 15.4. The van der Waals surface area contributed by atoms with Gasteiger partial charge in [0.1, 0.15) is 22.8 Å². The molecule has 41 heavy (non-hydrogen) atoms. The first-order chi connectivity index (χ1) is 19.2. The number of rotatable bonds is 7. The molecular weight excluding hydrogens is 554 g/mol. The van der Waals surface area contributed by atoms with Crippen LogP contribution in [-0.2, 0) is 36.4 Å². The number of phenols is 1. The van der Waals surface area contributed by atoms with Crippen LogP contribution in [0, 0.1) is 11.8 Å². The van der Waals surface area contributed by atoms with Gasteiger partial charge in [0.15, 0.2) is 21.2 Å². The molecule has 4 atom stereocenters. The third kappa shape index (κ3) is 4.74. The molecule has 0 unspecified atom stereocenters. The topological polar surface area (TPSA) is 199 Å². The Kier molecular flexibility index (Phi) is 7.29. The maximum Gasteiger partial charge on any atom is 0.255 e. The van der Waals surface area contributed by atoms with Crippen LogP contribution in [0.15, 0.2) is 29.0 Å². The third-order valence-electron chi connectivity index (χ3n) is 8.89. The van der Waals surface area contributed by atoms with E-state index in [1.54, 1.807) is 6.07 Å². The Bertz CT molecular complexity index is 1510. The van der Waals surface area contributed by atoms with E-state index in [-0.39, 0.29) is 35.5 Å². The Morgan fingerprint density at radius 3 is 2.41 bits per heavy atom. The van der Waals surface area contributed by atoms with Gasteiger partial charge in [-0.1, -0.05) is 6.07 Å². The number of aromatic hydroxyl groups is 1. The number of sulfone groups is 1. The van der Waals surface area contributed by atoms with Crippen molar-refractivity contribution in [3.05, 3.63) is 45.7 Å². The fraction of sp³-hybridized carbons (Fsp3) is 0.536. The van der Waals surface area contributed by atoms with E-state index in [1.807, 2.05) is 0 Å². The van der Waals surface area contributed by atoms with Crippen LogP contribution in [0.3, 0.4) is 0 Å². The highest BCUT2D eigenvalue weighted by molar-refractivity contribution is 7.90. The maximum absolute atomic E-state index is 13.8. The molecule has 1 saturated heterocycles. The van der Waals surface area contributed by atoms with Gasteiger partial charge in [-0.2, -0.15) is 0 Å². The quantitative estimate of drug-likeness (QED) is 0.268. The maximum atomic E-state index is 13.8. The molecule has 5 rings (SSSR count). The number of nitrogens with zero attached hydrogens (tertiary/aromatic N) is 2. The lowest BCUT2D eigenvalue weighted by Crippen LogP contribution is -2.65. The minimum absolute atomic E-state index is 0.0260. The summed E-state index contributed by atoms with van der Waals surface area (Å²) < 4.78 is 25.7. The zero-order chi connectivity index (χ0) is 30.0. The van der Waals surface area contributed by atoms with Crippen molar-refractivity contribution in [2.45, 2.75) is 43.1 Å². The molecule has 1 amide bonds. The predicted molar refractivity (Wildman–Crippen MR) is 147 cm³/mol. The number of hydrogen-bond donors (Lipinski definition) is 5. The number of carbonyl (C=O) groups excluding carboxylic acids is 3. The number of carbonyl (C=O) groups is 3. The minimum Gasteiger partial charge on any atom is -0.508 e. The molecule has 13 heteroatoms. The molecule has 0 aromatic heterocycles. The summed E-state index contributed by atoms with van der Waals surface area (Å²) in [5.74, 6) is -7.63. The highest BCUT2D eigenvalue weighted by atomic mass is 32.2. The van der Waals surface area contributed by atoms with E-state index in [0.29, 0.717) is 17.7 Å². The van der Waals surface area contributed by atoms with Crippen molar-refractivity contribution < 1.29 is 43.2 Å². The first-order valence-electron chi connectivity index (χ1n) is 13.6. The molecule has 1 heterocycles. The van der Waals surface area contributed by atoms with E-state index in [9.17, 15) is 43.2 Å². The van der Waals surface area contributed by atoms with Crippen molar-refractivity contribution in [1.82, 2.24) is 9.80 Å². The number of ketones is 2. The number of phenolic OH excluding ortho intramolecular Hbond substituents is 1.